The zero-order valence-electron chi connectivity index (χ0n) is 18.6. The Balaban J connectivity index is 1.66. The highest BCUT2D eigenvalue weighted by molar-refractivity contribution is 5.76. The van der Waals surface area contributed by atoms with Gasteiger partial charge >= 0.3 is 5.66 Å². The first-order chi connectivity index (χ1) is 16.3. The van der Waals surface area contributed by atoms with E-state index in [4.69, 9.17) is 0 Å². The zero-order chi connectivity index (χ0) is 22.0. The molecule has 2 nitrogen and oxygen atoms in total. The van der Waals surface area contributed by atoms with Crippen molar-refractivity contribution in [2.45, 2.75) is 19.0 Å². The van der Waals surface area contributed by atoms with Crippen LogP contribution in [0.5, 0.6) is 0 Å². The predicted octanol–water partition coefficient (Wildman–Crippen LogP) is 5.75. The highest BCUT2D eigenvalue weighted by atomic mass is 15.3. The van der Waals surface area contributed by atoms with Crippen LogP contribution in [0.4, 0.5) is 0 Å². The number of fused-ring (bicyclic) bond motifs is 10. The molecule has 2 aliphatic rings. The molecule has 0 bridgehead atoms. The van der Waals surface area contributed by atoms with Crippen molar-refractivity contribution < 1.29 is 9.13 Å². The maximum Gasteiger partial charge on any atom is 0.417 e. The molecule has 1 spiro atoms. The first-order valence-corrected chi connectivity index (χ1v) is 11.7. The van der Waals surface area contributed by atoms with Gasteiger partial charge in [-0.05, 0) is 47.9 Å². The Morgan fingerprint density at radius 2 is 1.24 bits per heavy atom. The van der Waals surface area contributed by atoms with Gasteiger partial charge in [-0.3, -0.25) is 0 Å². The van der Waals surface area contributed by atoms with E-state index in [2.05, 4.69) is 132 Å². The lowest BCUT2D eigenvalue weighted by atomic mass is 9.90. The summed E-state index contributed by atoms with van der Waals surface area (Å²) in [6, 6.07) is 37.6. The van der Waals surface area contributed by atoms with E-state index < -0.39 is 5.66 Å². The monoisotopic (exact) mass is 424 g/mol. The normalized spacial score (nSPS) is 16.9. The summed E-state index contributed by atoms with van der Waals surface area (Å²) in [7, 11) is 0. The summed E-state index contributed by atoms with van der Waals surface area (Å²) in [4.78, 5) is 0. The molecule has 0 amide bonds. The third-order valence-corrected chi connectivity index (χ3v) is 7.35. The Morgan fingerprint density at radius 1 is 0.606 bits per heavy atom. The summed E-state index contributed by atoms with van der Waals surface area (Å²) in [6.45, 7) is 2.25. The maximum atomic E-state index is 2.52. The molecule has 3 aromatic carbocycles. The van der Waals surface area contributed by atoms with Gasteiger partial charge in [-0.15, -0.1) is 9.13 Å². The third-order valence-electron chi connectivity index (χ3n) is 7.35. The van der Waals surface area contributed by atoms with Gasteiger partial charge in [0.25, 0.3) is 0 Å². The van der Waals surface area contributed by atoms with Crippen molar-refractivity contribution >= 4 is 0 Å². The van der Waals surface area contributed by atoms with Crippen molar-refractivity contribution in [2.24, 2.45) is 0 Å². The van der Waals surface area contributed by atoms with Crippen molar-refractivity contribution in [1.82, 2.24) is 0 Å². The van der Waals surface area contributed by atoms with Crippen LogP contribution in [-0.4, -0.2) is 0 Å². The molecule has 0 fully saturated rings. The fraction of sp³-hybridized carbons (Fsp3) is 0.0968. The average Bonchev–Trinajstić information content (AvgIpc) is 3.35. The quantitative estimate of drug-likeness (QED) is 0.312. The SMILES string of the molecule is CCc1cc2[n+](cc1-c1ccccc1)C1(c3ccccc3-c3cccc[n+]31)c1ccccc1-2. The van der Waals surface area contributed by atoms with Crippen molar-refractivity contribution in [2.75, 3.05) is 0 Å². The molecule has 2 heteroatoms. The van der Waals surface area contributed by atoms with E-state index in [1.165, 1.54) is 50.3 Å². The second kappa shape index (κ2) is 6.73. The molecule has 4 heterocycles. The van der Waals surface area contributed by atoms with E-state index in [0.29, 0.717) is 0 Å². The van der Waals surface area contributed by atoms with E-state index in [1.807, 2.05) is 0 Å². The Kier molecular flexibility index (Phi) is 3.78. The smallest absolute Gasteiger partial charge is 0.126 e. The van der Waals surface area contributed by atoms with Crippen molar-refractivity contribution in [3.8, 4) is 33.6 Å². The van der Waals surface area contributed by atoms with Crippen molar-refractivity contribution in [3.05, 3.63) is 132 Å². The van der Waals surface area contributed by atoms with Gasteiger partial charge in [0.05, 0.1) is 11.1 Å². The van der Waals surface area contributed by atoms with Crippen molar-refractivity contribution in [3.63, 3.8) is 0 Å². The molecule has 7 rings (SSSR count). The van der Waals surface area contributed by atoms with Crippen LogP contribution in [-0.2, 0) is 12.1 Å². The van der Waals surface area contributed by atoms with E-state index in [9.17, 15) is 0 Å². The minimum atomic E-state index is -0.436. The van der Waals surface area contributed by atoms with E-state index in [1.54, 1.807) is 0 Å². The molecule has 0 saturated carbocycles. The predicted molar refractivity (Wildman–Crippen MR) is 131 cm³/mol. The molecule has 0 N–H and O–H groups in total. The second-order valence-electron chi connectivity index (χ2n) is 8.91. The summed E-state index contributed by atoms with van der Waals surface area (Å²) < 4.78 is 4.99. The third kappa shape index (κ3) is 2.28. The lowest BCUT2D eigenvalue weighted by Crippen LogP contribution is -2.71. The Morgan fingerprint density at radius 3 is 1.97 bits per heavy atom. The molecular weight excluding hydrogens is 400 g/mol. The molecule has 1 atom stereocenters. The topological polar surface area (TPSA) is 7.76 Å². The van der Waals surface area contributed by atoms with Gasteiger partial charge in [-0.25, -0.2) is 0 Å². The fourth-order valence-corrected chi connectivity index (χ4v) is 5.99. The van der Waals surface area contributed by atoms with Gasteiger partial charge in [0.15, 0.2) is 12.4 Å². The number of hydrogen-bond acceptors (Lipinski definition) is 0. The van der Waals surface area contributed by atoms with Gasteiger partial charge < -0.3 is 0 Å². The Bertz CT molecular complexity index is 1500. The summed E-state index contributed by atoms with van der Waals surface area (Å²) in [5.74, 6) is 0. The largest absolute Gasteiger partial charge is 0.417 e. The molecule has 0 saturated heterocycles. The van der Waals surface area contributed by atoms with Crippen LogP contribution in [0.1, 0.15) is 23.6 Å². The molecule has 2 aliphatic heterocycles. The maximum absolute atomic E-state index is 2.52. The summed E-state index contributed by atoms with van der Waals surface area (Å²) >= 11 is 0. The fourth-order valence-electron chi connectivity index (χ4n) is 5.99. The first-order valence-electron chi connectivity index (χ1n) is 11.7. The molecule has 0 aliphatic carbocycles. The number of rotatable bonds is 2. The molecule has 156 valence electrons. The molecule has 5 aromatic rings. The van der Waals surface area contributed by atoms with Crippen molar-refractivity contribution in [1.29, 1.82) is 0 Å². The number of pyridine rings is 2. The van der Waals surface area contributed by atoms with Crippen LogP contribution in [0.2, 0.25) is 0 Å². The van der Waals surface area contributed by atoms with Gasteiger partial charge in [-0.2, -0.15) is 0 Å². The van der Waals surface area contributed by atoms with E-state index in [0.717, 1.165) is 6.42 Å². The Labute approximate surface area is 194 Å². The number of aryl methyl sites for hydroxylation is 1. The van der Waals surface area contributed by atoms with E-state index in [-0.39, 0.29) is 0 Å². The minimum absolute atomic E-state index is 0.436. The summed E-state index contributed by atoms with van der Waals surface area (Å²) in [5.41, 5.74) is 11.3. The van der Waals surface area contributed by atoms with Gasteiger partial charge in [-0.1, -0.05) is 61.5 Å². The average molecular weight is 425 g/mol. The van der Waals surface area contributed by atoms with Crippen LogP contribution in [0.3, 0.4) is 0 Å². The zero-order valence-corrected chi connectivity index (χ0v) is 18.6. The molecular formula is C31H24N2+2. The molecule has 2 aromatic heterocycles. The van der Waals surface area contributed by atoms with Gasteiger partial charge in [0, 0.05) is 23.8 Å². The second-order valence-corrected chi connectivity index (χ2v) is 8.91. The van der Waals surface area contributed by atoms with Crippen LogP contribution in [0.25, 0.3) is 33.6 Å². The van der Waals surface area contributed by atoms with Crippen LogP contribution < -0.4 is 9.13 Å². The number of aromatic nitrogens is 2. The number of benzene rings is 3. The lowest BCUT2D eigenvalue weighted by Gasteiger charge is -2.18. The highest BCUT2D eigenvalue weighted by Gasteiger charge is 2.66. The van der Waals surface area contributed by atoms with Crippen LogP contribution >= 0.6 is 0 Å². The molecule has 0 radical (unpaired) electrons. The minimum Gasteiger partial charge on any atom is -0.126 e. The summed E-state index contributed by atoms with van der Waals surface area (Å²) in [6.07, 6.45) is 5.63. The lowest BCUT2D eigenvalue weighted by molar-refractivity contribution is -0.954. The van der Waals surface area contributed by atoms with Crippen LogP contribution in [0, 0.1) is 0 Å². The number of nitrogens with zero attached hydrogens (tertiary/aromatic N) is 2. The molecule has 1 unspecified atom stereocenters. The molecule has 33 heavy (non-hydrogen) atoms. The Hall–Kier alpha value is -4.04. The van der Waals surface area contributed by atoms with Gasteiger partial charge in [0.2, 0.25) is 11.4 Å². The highest BCUT2D eigenvalue weighted by Crippen LogP contribution is 2.47. The summed E-state index contributed by atoms with van der Waals surface area (Å²) in [5, 5.41) is 0. The number of hydrogen-bond donors (Lipinski definition) is 0. The van der Waals surface area contributed by atoms with Crippen LogP contribution in [0.15, 0.2) is 116 Å². The standard InChI is InChI=1S/C31H24N2/c1-2-22-20-30-25-15-7-9-17-28(25)31(33(30)21-26(22)23-12-4-3-5-13-23)27-16-8-6-14-24(27)29-18-10-11-19-32(29)31/h3-21H,2H2,1H3/q+2. The van der Waals surface area contributed by atoms with E-state index >= 15 is 0 Å². The first kappa shape index (κ1) is 18.5. The van der Waals surface area contributed by atoms with Gasteiger partial charge in [0.1, 0.15) is 11.1 Å².